The largest absolute Gasteiger partial charge is 0.496 e. The molecule has 0 unspecified atom stereocenters. The van der Waals surface area contributed by atoms with Crippen LogP contribution in [0.2, 0.25) is 0 Å². The van der Waals surface area contributed by atoms with Crippen molar-refractivity contribution >= 4 is 15.9 Å². The lowest BCUT2D eigenvalue weighted by molar-refractivity contribution is -0.121. The van der Waals surface area contributed by atoms with Gasteiger partial charge in [-0.05, 0) is 54.7 Å². The van der Waals surface area contributed by atoms with Gasteiger partial charge >= 0.3 is 0 Å². The lowest BCUT2D eigenvalue weighted by Crippen LogP contribution is -2.27. The van der Waals surface area contributed by atoms with E-state index in [9.17, 15) is 13.2 Å². The van der Waals surface area contributed by atoms with E-state index in [1.807, 2.05) is 19.1 Å². The fourth-order valence-corrected chi connectivity index (χ4v) is 3.96. The minimum atomic E-state index is -3.55. The number of hydrogen-bond donors (Lipinski definition) is 1. The maximum atomic E-state index is 12.4. The summed E-state index contributed by atoms with van der Waals surface area (Å²) in [5.41, 5.74) is 2.99. The zero-order valence-electron chi connectivity index (χ0n) is 17.7. The van der Waals surface area contributed by atoms with Gasteiger partial charge in [-0.15, -0.1) is 0 Å². The Morgan fingerprint density at radius 2 is 1.79 bits per heavy atom. The Morgan fingerprint density at radius 3 is 2.34 bits per heavy atom. The number of carbonyl (C=O) groups is 1. The summed E-state index contributed by atoms with van der Waals surface area (Å²) in [6.07, 6.45) is 1.60. The predicted octanol–water partition coefficient (Wildman–Crippen LogP) is 3.32. The van der Waals surface area contributed by atoms with Crippen molar-refractivity contribution in [3.8, 4) is 5.75 Å². The molecule has 0 saturated heterocycles. The molecule has 1 amide bonds. The second-order valence-corrected chi connectivity index (χ2v) is 9.30. The van der Waals surface area contributed by atoms with E-state index in [2.05, 4.69) is 24.4 Å². The Bertz CT molecular complexity index is 938. The average Bonchev–Trinajstić information content (AvgIpc) is 2.71. The first-order chi connectivity index (χ1) is 13.7. The van der Waals surface area contributed by atoms with Crippen molar-refractivity contribution in [2.45, 2.75) is 44.0 Å². The highest BCUT2D eigenvalue weighted by Crippen LogP contribution is 2.25. The van der Waals surface area contributed by atoms with Crippen molar-refractivity contribution in [2.24, 2.45) is 0 Å². The van der Waals surface area contributed by atoms with E-state index in [1.165, 1.54) is 32.8 Å². The van der Waals surface area contributed by atoms with Crippen LogP contribution in [0.3, 0.4) is 0 Å². The van der Waals surface area contributed by atoms with Crippen LogP contribution in [0.15, 0.2) is 47.4 Å². The Morgan fingerprint density at radius 1 is 1.14 bits per heavy atom. The van der Waals surface area contributed by atoms with Crippen molar-refractivity contribution in [1.29, 1.82) is 0 Å². The fourth-order valence-electron chi connectivity index (χ4n) is 3.01. The highest BCUT2D eigenvalue weighted by Gasteiger charge is 2.19. The average molecular weight is 419 g/mol. The SMILES string of the molecule is CCc1ccc([C@@H](C)NC(=O)CCc2cc(S(=O)(=O)N(C)C)ccc2OC)cc1. The van der Waals surface area contributed by atoms with Gasteiger partial charge in [0.15, 0.2) is 0 Å². The summed E-state index contributed by atoms with van der Waals surface area (Å²) in [5.74, 6) is 0.471. The Kier molecular flexibility index (Phi) is 7.81. The zero-order valence-corrected chi connectivity index (χ0v) is 18.5. The number of amides is 1. The molecule has 2 rings (SSSR count). The van der Waals surface area contributed by atoms with Gasteiger partial charge in [-0.25, -0.2) is 12.7 Å². The minimum absolute atomic E-state index is 0.0972. The molecular weight excluding hydrogens is 388 g/mol. The van der Waals surface area contributed by atoms with Crippen molar-refractivity contribution < 1.29 is 17.9 Å². The molecule has 0 aromatic heterocycles. The van der Waals surface area contributed by atoms with E-state index in [-0.39, 0.29) is 23.3 Å². The van der Waals surface area contributed by atoms with Gasteiger partial charge < -0.3 is 10.1 Å². The minimum Gasteiger partial charge on any atom is -0.496 e. The van der Waals surface area contributed by atoms with Crippen LogP contribution in [0.1, 0.15) is 43.0 Å². The van der Waals surface area contributed by atoms with Crippen molar-refractivity contribution in [3.05, 3.63) is 59.2 Å². The van der Waals surface area contributed by atoms with Crippen LogP contribution >= 0.6 is 0 Å². The van der Waals surface area contributed by atoms with Gasteiger partial charge in [0.1, 0.15) is 5.75 Å². The van der Waals surface area contributed by atoms with Crippen LogP contribution in [0.4, 0.5) is 0 Å². The third-order valence-electron chi connectivity index (χ3n) is 4.92. The molecule has 1 N–H and O–H groups in total. The van der Waals surface area contributed by atoms with Gasteiger partial charge in [0.05, 0.1) is 18.0 Å². The Hall–Kier alpha value is -2.38. The summed E-state index contributed by atoms with van der Waals surface area (Å²) in [5, 5.41) is 3.00. The number of hydrogen-bond acceptors (Lipinski definition) is 4. The van der Waals surface area contributed by atoms with Crippen LogP contribution in [0, 0.1) is 0 Å². The van der Waals surface area contributed by atoms with E-state index in [0.717, 1.165) is 16.3 Å². The van der Waals surface area contributed by atoms with Crippen molar-refractivity contribution in [1.82, 2.24) is 9.62 Å². The van der Waals surface area contributed by atoms with Gasteiger partial charge in [0.2, 0.25) is 15.9 Å². The monoisotopic (exact) mass is 418 g/mol. The molecule has 0 saturated carbocycles. The van der Waals surface area contributed by atoms with E-state index < -0.39 is 10.0 Å². The lowest BCUT2D eigenvalue weighted by Gasteiger charge is -2.16. The predicted molar refractivity (Wildman–Crippen MR) is 115 cm³/mol. The number of benzene rings is 2. The van der Waals surface area contributed by atoms with Gasteiger partial charge in [0.25, 0.3) is 0 Å². The van der Waals surface area contributed by atoms with E-state index in [0.29, 0.717) is 17.7 Å². The number of carbonyl (C=O) groups excluding carboxylic acids is 1. The van der Waals surface area contributed by atoms with Crippen LogP contribution in [0.5, 0.6) is 5.75 Å². The quantitative estimate of drug-likeness (QED) is 0.678. The lowest BCUT2D eigenvalue weighted by atomic mass is 10.0. The van der Waals surface area contributed by atoms with Gasteiger partial charge in [0, 0.05) is 20.5 Å². The normalized spacial score (nSPS) is 12.6. The second kappa shape index (κ2) is 9.89. The molecule has 0 aliphatic rings. The van der Waals surface area contributed by atoms with Gasteiger partial charge in [-0.2, -0.15) is 0 Å². The summed E-state index contributed by atoms with van der Waals surface area (Å²) >= 11 is 0. The van der Waals surface area contributed by atoms with Crippen LogP contribution in [-0.4, -0.2) is 39.8 Å². The molecule has 0 fully saturated rings. The molecule has 2 aromatic carbocycles. The number of nitrogens with zero attached hydrogens (tertiary/aromatic N) is 1. The van der Waals surface area contributed by atoms with E-state index >= 15 is 0 Å². The van der Waals surface area contributed by atoms with Gasteiger partial charge in [-0.1, -0.05) is 31.2 Å². The highest BCUT2D eigenvalue weighted by atomic mass is 32.2. The topological polar surface area (TPSA) is 75.7 Å². The maximum absolute atomic E-state index is 12.4. The smallest absolute Gasteiger partial charge is 0.242 e. The summed E-state index contributed by atoms with van der Waals surface area (Å²) < 4.78 is 31.3. The Labute approximate surface area is 173 Å². The molecule has 1 atom stereocenters. The molecule has 0 heterocycles. The summed E-state index contributed by atoms with van der Waals surface area (Å²) in [6.45, 7) is 4.05. The number of methoxy groups -OCH3 is 1. The van der Waals surface area contributed by atoms with Crippen molar-refractivity contribution in [3.63, 3.8) is 0 Å². The summed E-state index contributed by atoms with van der Waals surface area (Å²) in [6, 6.07) is 12.8. The first kappa shape index (κ1) is 22.9. The van der Waals surface area contributed by atoms with E-state index in [1.54, 1.807) is 12.1 Å². The number of aryl methyl sites for hydroxylation is 2. The number of rotatable bonds is 9. The summed E-state index contributed by atoms with van der Waals surface area (Å²) in [4.78, 5) is 12.6. The molecule has 0 aliphatic carbocycles. The second-order valence-electron chi connectivity index (χ2n) is 7.15. The molecule has 7 heteroatoms. The highest BCUT2D eigenvalue weighted by molar-refractivity contribution is 7.89. The molecule has 0 spiro atoms. The van der Waals surface area contributed by atoms with Crippen LogP contribution in [0.25, 0.3) is 0 Å². The van der Waals surface area contributed by atoms with Gasteiger partial charge in [-0.3, -0.25) is 4.79 Å². The third-order valence-corrected chi connectivity index (χ3v) is 6.73. The van der Waals surface area contributed by atoms with E-state index in [4.69, 9.17) is 4.74 Å². The molecule has 0 bridgehead atoms. The maximum Gasteiger partial charge on any atom is 0.242 e. The first-order valence-electron chi connectivity index (χ1n) is 9.66. The molecule has 0 aliphatic heterocycles. The molecule has 158 valence electrons. The number of ether oxygens (including phenoxy) is 1. The number of sulfonamides is 1. The van der Waals surface area contributed by atoms with Crippen LogP contribution in [-0.2, 0) is 27.7 Å². The molecule has 6 nitrogen and oxygen atoms in total. The zero-order chi connectivity index (χ0) is 21.6. The number of nitrogens with one attached hydrogen (secondary N) is 1. The summed E-state index contributed by atoms with van der Waals surface area (Å²) in [7, 11) is 0.957. The van der Waals surface area contributed by atoms with Crippen molar-refractivity contribution in [2.75, 3.05) is 21.2 Å². The Balaban J connectivity index is 2.06. The molecule has 29 heavy (non-hydrogen) atoms. The molecular formula is C22H30N2O4S. The van der Waals surface area contributed by atoms with Crippen LogP contribution < -0.4 is 10.1 Å². The molecule has 0 radical (unpaired) electrons. The first-order valence-corrected chi connectivity index (χ1v) is 11.1. The third kappa shape index (κ3) is 5.81. The standard InChI is InChI=1S/C22H30N2O4S/c1-6-17-7-9-18(10-8-17)16(2)23-22(25)14-11-19-15-20(12-13-21(19)28-5)29(26,27)24(3)4/h7-10,12-13,15-16H,6,11,14H2,1-5H3,(H,23,25)/t16-/m1/s1. The fraction of sp³-hybridized carbons (Fsp3) is 0.409. The molecule has 2 aromatic rings.